The van der Waals surface area contributed by atoms with E-state index in [4.69, 9.17) is 4.52 Å². The smallest absolute Gasteiger partial charge is 0.261 e. The van der Waals surface area contributed by atoms with Crippen molar-refractivity contribution in [1.82, 2.24) is 19.7 Å². The second-order valence-electron chi connectivity index (χ2n) is 4.00. The van der Waals surface area contributed by atoms with Gasteiger partial charge in [-0.25, -0.2) is 4.98 Å². The molecule has 0 spiro atoms. The summed E-state index contributed by atoms with van der Waals surface area (Å²) >= 11 is 0. The summed E-state index contributed by atoms with van der Waals surface area (Å²) in [6.45, 7) is 2.16. The molecule has 0 fully saturated rings. The minimum absolute atomic E-state index is 0.108. The third-order valence-corrected chi connectivity index (χ3v) is 2.64. The summed E-state index contributed by atoms with van der Waals surface area (Å²) in [5.74, 6) is 0.719. The van der Waals surface area contributed by atoms with Crippen molar-refractivity contribution in [3.8, 4) is 0 Å². The highest BCUT2D eigenvalue weighted by Crippen LogP contribution is 2.05. The van der Waals surface area contributed by atoms with E-state index in [-0.39, 0.29) is 5.56 Å². The van der Waals surface area contributed by atoms with Gasteiger partial charge < -0.3 is 4.52 Å². The molecular formula is C12H10N4O2. The average Bonchev–Trinajstić information content (AvgIpc) is 2.79. The Morgan fingerprint density at radius 1 is 1.44 bits per heavy atom. The monoisotopic (exact) mass is 242 g/mol. The molecule has 0 aliphatic rings. The molecule has 0 aliphatic carbocycles. The van der Waals surface area contributed by atoms with Gasteiger partial charge in [0.15, 0.2) is 0 Å². The fourth-order valence-electron chi connectivity index (χ4n) is 1.79. The zero-order valence-corrected chi connectivity index (χ0v) is 9.70. The summed E-state index contributed by atoms with van der Waals surface area (Å²) in [5.41, 5.74) is 1.18. The van der Waals surface area contributed by atoms with Gasteiger partial charge in [0.1, 0.15) is 11.5 Å². The van der Waals surface area contributed by atoms with Gasteiger partial charge in [0.25, 0.3) is 5.56 Å². The lowest BCUT2D eigenvalue weighted by atomic mass is 10.3. The van der Waals surface area contributed by atoms with Crippen LogP contribution in [0.5, 0.6) is 0 Å². The molecule has 3 heterocycles. The molecule has 3 aromatic heterocycles. The van der Waals surface area contributed by atoms with Crippen molar-refractivity contribution in [3.05, 3.63) is 52.7 Å². The highest BCUT2D eigenvalue weighted by atomic mass is 16.5. The van der Waals surface area contributed by atoms with Crippen LogP contribution in [0.4, 0.5) is 0 Å². The summed E-state index contributed by atoms with van der Waals surface area (Å²) in [4.78, 5) is 20.3. The summed E-state index contributed by atoms with van der Waals surface area (Å²) < 4.78 is 6.47. The molecule has 0 aromatic carbocycles. The fourth-order valence-corrected chi connectivity index (χ4v) is 1.79. The number of hydrogen-bond donors (Lipinski definition) is 0. The Balaban J connectivity index is 2.08. The van der Waals surface area contributed by atoms with Crippen LogP contribution in [0.3, 0.4) is 0 Å². The number of aromatic nitrogens is 4. The molecule has 0 bridgehead atoms. The Kier molecular flexibility index (Phi) is 2.40. The zero-order valence-electron chi connectivity index (χ0n) is 9.70. The van der Waals surface area contributed by atoms with Crippen LogP contribution in [0.2, 0.25) is 0 Å². The first-order valence-corrected chi connectivity index (χ1v) is 5.45. The van der Waals surface area contributed by atoms with Crippen LogP contribution in [-0.4, -0.2) is 19.7 Å². The molecule has 0 aliphatic heterocycles. The molecule has 0 unspecified atom stereocenters. The molecule has 18 heavy (non-hydrogen) atoms. The van der Waals surface area contributed by atoms with Crippen molar-refractivity contribution in [1.29, 1.82) is 0 Å². The number of pyridine rings is 1. The van der Waals surface area contributed by atoms with Gasteiger partial charge in [-0.1, -0.05) is 5.16 Å². The van der Waals surface area contributed by atoms with Crippen LogP contribution in [-0.2, 0) is 6.54 Å². The van der Waals surface area contributed by atoms with E-state index in [9.17, 15) is 4.79 Å². The molecule has 0 saturated heterocycles. The van der Waals surface area contributed by atoms with Gasteiger partial charge in [-0.2, -0.15) is 0 Å². The summed E-state index contributed by atoms with van der Waals surface area (Å²) in [5, 5.41) is 4.41. The largest absolute Gasteiger partial charge is 0.361 e. The molecule has 0 N–H and O–H groups in total. The van der Waals surface area contributed by atoms with Crippen molar-refractivity contribution >= 4 is 10.9 Å². The average molecular weight is 242 g/mol. The number of hydrogen-bond acceptors (Lipinski definition) is 5. The van der Waals surface area contributed by atoms with Crippen LogP contribution < -0.4 is 5.56 Å². The van der Waals surface area contributed by atoms with Gasteiger partial charge in [0.05, 0.1) is 30.0 Å². The Labute approximate surface area is 102 Å². The van der Waals surface area contributed by atoms with Crippen molar-refractivity contribution in [2.45, 2.75) is 13.5 Å². The van der Waals surface area contributed by atoms with E-state index >= 15 is 0 Å². The van der Waals surface area contributed by atoms with Crippen LogP contribution in [0.1, 0.15) is 11.5 Å². The highest BCUT2D eigenvalue weighted by Gasteiger charge is 2.06. The number of rotatable bonds is 2. The first kappa shape index (κ1) is 10.6. The van der Waals surface area contributed by atoms with Crippen LogP contribution >= 0.6 is 0 Å². The van der Waals surface area contributed by atoms with Crippen LogP contribution in [0.25, 0.3) is 10.9 Å². The number of nitrogens with zero attached hydrogens (tertiary/aromatic N) is 4. The molecule has 0 radical (unpaired) electrons. The first-order valence-electron chi connectivity index (χ1n) is 5.45. The maximum absolute atomic E-state index is 12.2. The van der Waals surface area contributed by atoms with E-state index in [0.717, 1.165) is 5.76 Å². The Bertz CT molecular complexity index is 760. The van der Waals surface area contributed by atoms with Gasteiger partial charge in [0.2, 0.25) is 0 Å². The van der Waals surface area contributed by atoms with Crippen molar-refractivity contribution in [3.63, 3.8) is 0 Å². The number of fused-ring (bicyclic) bond motifs is 1. The molecule has 0 saturated carbocycles. The first-order chi connectivity index (χ1) is 8.74. The normalized spacial score (nSPS) is 10.9. The maximum Gasteiger partial charge on any atom is 0.261 e. The fraction of sp³-hybridized carbons (Fsp3) is 0.167. The van der Waals surface area contributed by atoms with E-state index < -0.39 is 0 Å². The standard InChI is InChI=1S/C12H10N4O2/c1-8-4-9(15-18-8)6-16-7-14-11-5-13-3-2-10(11)12(16)17/h2-5,7H,6H2,1H3. The third kappa shape index (κ3) is 1.77. The summed E-state index contributed by atoms with van der Waals surface area (Å²) in [6, 6.07) is 3.46. The van der Waals surface area contributed by atoms with Gasteiger partial charge >= 0.3 is 0 Å². The second-order valence-corrected chi connectivity index (χ2v) is 4.00. The second kappa shape index (κ2) is 4.06. The van der Waals surface area contributed by atoms with Gasteiger partial charge in [-0.15, -0.1) is 0 Å². The quantitative estimate of drug-likeness (QED) is 0.673. The van der Waals surface area contributed by atoms with Gasteiger partial charge in [-0.05, 0) is 13.0 Å². The van der Waals surface area contributed by atoms with Crippen LogP contribution in [0, 0.1) is 6.92 Å². The predicted octanol–water partition coefficient (Wildman–Crippen LogP) is 1.14. The molecule has 0 amide bonds. The van der Waals surface area contributed by atoms with Crippen molar-refractivity contribution in [2.75, 3.05) is 0 Å². The van der Waals surface area contributed by atoms with Crippen molar-refractivity contribution < 1.29 is 4.52 Å². The van der Waals surface area contributed by atoms with Crippen LogP contribution in [0.15, 0.2) is 40.2 Å². The third-order valence-electron chi connectivity index (χ3n) is 2.64. The lowest BCUT2D eigenvalue weighted by molar-refractivity contribution is 0.388. The Hall–Kier alpha value is -2.50. The summed E-state index contributed by atoms with van der Waals surface area (Å²) in [7, 11) is 0. The molecule has 6 heteroatoms. The van der Waals surface area contributed by atoms with Gasteiger partial charge in [0, 0.05) is 12.3 Å². The number of aryl methyl sites for hydroxylation is 1. The van der Waals surface area contributed by atoms with E-state index in [1.165, 1.54) is 10.9 Å². The maximum atomic E-state index is 12.2. The zero-order chi connectivity index (χ0) is 12.5. The Morgan fingerprint density at radius 2 is 2.33 bits per heavy atom. The van der Waals surface area contributed by atoms with Crippen molar-refractivity contribution in [2.24, 2.45) is 0 Å². The van der Waals surface area contributed by atoms with E-state index in [2.05, 4.69) is 15.1 Å². The molecule has 90 valence electrons. The minimum atomic E-state index is -0.108. The molecule has 6 nitrogen and oxygen atoms in total. The Morgan fingerprint density at radius 3 is 3.11 bits per heavy atom. The lowest BCUT2D eigenvalue weighted by Gasteiger charge is -2.03. The molecule has 3 aromatic rings. The lowest BCUT2D eigenvalue weighted by Crippen LogP contribution is -2.21. The predicted molar refractivity (Wildman–Crippen MR) is 64.1 cm³/mol. The molecule has 0 atom stereocenters. The molecule has 3 rings (SSSR count). The van der Waals surface area contributed by atoms with Gasteiger partial charge in [-0.3, -0.25) is 14.3 Å². The minimum Gasteiger partial charge on any atom is -0.361 e. The summed E-state index contributed by atoms with van der Waals surface area (Å²) in [6.07, 6.45) is 4.65. The van der Waals surface area contributed by atoms with E-state index in [1.54, 1.807) is 24.5 Å². The van der Waals surface area contributed by atoms with E-state index in [1.807, 2.05) is 6.92 Å². The molecular weight excluding hydrogens is 232 g/mol. The topological polar surface area (TPSA) is 73.8 Å². The van der Waals surface area contributed by atoms with E-state index in [0.29, 0.717) is 23.1 Å². The SMILES string of the molecule is Cc1cc(Cn2cnc3cnccc3c2=O)no1. The highest BCUT2D eigenvalue weighted by molar-refractivity contribution is 5.75.